The first kappa shape index (κ1) is 17.5. The van der Waals surface area contributed by atoms with E-state index in [4.69, 9.17) is 4.42 Å². The highest BCUT2D eigenvalue weighted by molar-refractivity contribution is 5.77. The minimum atomic E-state index is 0.0498. The van der Waals surface area contributed by atoms with Crippen molar-refractivity contribution < 1.29 is 9.21 Å². The van der Waals surface area contributed by atoms with Crippen molar-refractivity contribution in [2.75, 3.05) is 39.3 Å². The lowest BCUT2D eigenvalue weighted by molar-refractivity contribution is -0.122. The maximum atomic E-state index is 12.0. The average molecular weight is 339 g/mol. The first-order valence-corrected chi connectivity index (χ1v) is 8.75. The van der Waals surface area contributed by atoms with Crippen LogP contribution in [0.25, 0.3) is 6.08 Å². The molecule has 0 spiro atoms. The van der Waals surface area contributed by atoms with E-state index in [-0.39, 0.29) is 5.91 Å². The Kier molecular flexibility index (Phi) is 6.42. The third-order valence-electron chi connectivity index (χ3n) is 4.35. The van der Waals surface area contributed by atoms with Crippen LogP contribution in [0.5, 0.6) is 0 Å². The molecular weight excluding hydrogens is 314 g/mol. The molecule has 0 saturated carbocycles. The predicted octanol–water partition coefficient (Wildman–Crippen LogP) is 2.23. The van der Waals surface area contributed by atoms with Crippen LogP contribution in [0.4, 0.5) is 0 Å². The van der Waals surface area contributed by atoms with Crippen LogP contribution in [-0.2, 0) is 11.3 Å². The molecule has 5 nitrogen and oxygen atoms in total. The van der Waals surface area contributed by atoms with Gasteiger partial charge in [0.1, 0.15) is 5.76 Å². The SMILES string of the molecule is O=C(CN1CCN(CC=Cc2ccccc2)CC1)NCc1ccco1. The Hall–Kier alpha value is -2.37. The zero-order valence-corrected chi connectivity index (χ0v) is 14.4. The van der Waals surface area contributed by atoms with Crippen LogP contribution in [0.1, 0.15) is 11.3 Å². The van der Waals surface area contributed by atoms with Gasteiger partial charge in [0.15, 0.2) is 0 Å². The molecule has 132 valence electrons. The fourth-order valence-electron chi connectivity index (χ4n) is 2.89. The summed E-state index contributed by atoms with van der Waals surface area (Å²) in [4.78, 5) is 16.6. The smallest absolute Gasteiger partial charge is 0.234 e. The van der Waals surface area contributed by atoms with Crippen LogP contribution < -0.4 is 5.32 Å². The van der Waals surface area contributed by atoms with E-state index < -0.39 is 0 Å². The van der Waals surface area contributed by atoms with Gasteiger partial charge >= 0.3 is 0 Å². The second kappa shape index (κ2) is 9.20. The zero-order valence-electron chi connectivity index (χ0n) is 14.4. The molecule has 0 atom stereocenters. The maximum absolute atomic E-state index is 12.0. The van der Waals surface area contributed by atoms with Crippen LogP contribution in [-0.4, -0.2) is 55.0 Å². The van der Waals surface area contributed by atoms with Crippen molar-refractivity contribution >= 4 is 12.0 Å². The molecule has 1 aromatic carbocycles. The highest BCUT2D eigenvalue weighted by atomic mass is 16.3. The quantitative estimate of drug-likeness (QED) is 0.840. The number of carbonyl (C=O) groups excluding carboxylic acids is 1. The Morgan fingerprint density at radius 1 is 1.04 bits per heavy atom. The summed E-state index contributed by atoms with van der Waals surface area (Å²) in [7, 11) is 0. The number of nitrogens with one attached hydrogen (secondary N) is 1. The van der Waals surface area contributed by atoms with E-state index in [2.05, 4.69) is 51.5 Å². The van der Waals surface area contributed by atoms with Crippen LogP contribution in [0.2, 0.25) is 0 Å². The number of piperazine rings is 1. The van der Waals surface area contributed by atoms with Gasteiger partial charge in [0.05, 0.1) is 19.4 Å². The Morgan fingerprint density at radius 3 is 2.52 bits per heavy atom. The van der Waals surface area contributed by atoms with Crippen molar-refractivity contribution in [2.45, 2.75) is 6.54 Å². The summed E-state index contributed by atoms with van der Waals surface area (Å²) < 4.78 is 5.22. The van der Waals surface area contributed by atoms with Crippen molar-refractivity contribution in [1.82, 2.24) is 15.1 Å². The molecule has 3 rings (SSSR count). The standard InChI is InChI=1S/C20H25N3O2/c24-20(21-16-19-9-5-15-25-19)17-23-13-11-22(12-14-23)10-4-8-18-6-2-1-3-7-18/h1-9,15H,10-14,16-17H2,(H,21,24). The summed E-state index contributed by atoms with van der Waals surface area (Å²) in [5.41, 5.74) is 1.23. The third kappa shape index (κ3) is 5.89. The molecular formula is C20H25N3O2. The second-order valence-electron chi connectivity index (χ2n) is 6.25. The monoisotopic (exact) mass is 339 g/mol. The molecule has 2 aromatic rings. The van der Waals surface area contributed by atoms with Crippen LogP contribution in [0, 0.1) is 0 Å². The lowest BCUT2D eigenvalue weighted by Gasteiger charge is -2.33. The number of carbonyl (C=O) groups is 1. The van der Waals surface area contributed by atoms with E-state index >= 15 is 0 Å². The number of amides is 1. The fourth-order valence-corrected chi connectivity index (χ4v) is 2.89. The number of benzene rings is 1. The number of hydrogen-bond acceptors (Lipinski definition) is 4. The Balaban J connectivity index is 1.33. The highest BCUT2D eigenvalue weighted by Crippen LogP contribution is 2.05. The van der Waals surface area contributed by atoms with E-state index in [1.807, 2.05) is 18.2 Å². The fraction of sp³-hybridized carbons (Fsp3) is 0.350. The maximum Gasteiger partial charge on any atom is 0.234 e. The summed E-state index contributed by atoms with van der Waals surface area (Å²) in [5, 5.41) is 2.90. The minimum absolute atomic E-state index is 0.0498. The number of rotatable bonds is 7. The largest absolute Gasteiger partial charge is 0.467 e. The lowest BCUT2D eigenvalue weighted by atomic mass is 10.2. The van der Waals surface area contributed by atoms with Crippen molar-refractivity contribution in [2.24, 2.45) is 0 Å². The van der Waals surface area contributed by atoms with Crippen molar-refractivity contribution in [3.8, 4) is 0 Å². The van der Waals surface area contributed by atoms with Gasteiger partial charge in [-0.15, -0.1) is 0 Å². The first-order valence-electron chi connectivity index (χ1n) is 8.75. The van der Waals surface area contributed by atoms with E-state index in [9.17, 15) is 4.79 Å². The van der Waals surface area contributed by atoms with Crippen LogP contribution >= 0.6 is 0 Å². The van der Waals surface area contributed by atoms with Crippen LogP contribution in [0.3, 0.4) is 0 Å². The second-order valence-corrected chi connectivity index (χ2v) is 6.25. The van der Waals surface area contributed by atoms with Crippen molar-refractivity contribution in [1.29, 1.82) is 0 Å². The Morgan fingerprint density at radius 2 is 1.80 bits per heavy atom. The number of hydrogen-bond donors (Lipinski definition) is 1. The van der Waals surface area contributed by atoms with E-state index in [1.54, 1.807) is 6.26 Å². The summed E-state index contributed by atoms with van der Waals surface area (Å²) in [5.74, 6) is 0.831. The molecule has 2 heterocycles. The minimum Gasteiger partial charge on any atom is -0.467 e. The molecule has 1 aliphatic rings. The molecule has 1 aliphatic heterocycles. The predicted molar refractivity (Wildman–Crippen MR) is 98.9 cm³/mol. The summed E-state index contributed by atoms with van der Waals surface area (Å²) in [6.45, 7) is 5.69. The van der Waals surface area contributed by atoms with E-state index in [0.29, 0.717) is 13.1 Å². The Labute approximate surface area is 148 Å². The highest BCUT2D eigenvalue weighted by Gasteiger charge is 2.18. The van der Waals surface area contributed by atoms with Gasteiger partial charge in [-0.2, -0.15) is 0 Å². The molecule has 1 fully saturated rings. The molecule has 0 radical (unpaired) electrons. The van der Waals surface area contributed by atoms with E-state index in [0.717, 1.165) is 38.5 Å². The van der Waals surface area contributed by atoms with Gasteiger partial charge in [-0.05, 0) is 17.7 Å². The first-order chi connectivity index (χ1) is 12.3. The van der Waals surface area contributed by atoms with Crippen LogP contribution in [0.15, 0.2) is 59.2 Å². The Bertz CT molecular complexity index is 660. The summed E-state index contributed by atoms with van der Waals surface area (Å²) >= 11 is 0. The van der Waals surface area contributed by atoms with Gasteiger partial charge in [0, 0.05) is 32.7 Å². The molecule has 1 aromatic heterocycles. The topological polar surface area (TPSA) is 48.7 Å². The third-order valence-corrected chi connectivity index (χ3v) is 4.35. The molecule has 1 saturated heterocycles. The normalized spacial score (nSPS) is 16.3. The molecule has 0 bridgehead atoms. The molecule has 5 heteroatoms. The van der Waals surface area contributed by atoms with Gasteiger partial charge in [-0.1, -0.05) is 42.5 Å². The molecule has 1 N–H and O–H groups in total. The lowest BCUT2D eigenvalue weighted by Crippen LogP contribution is -2.49. The molecule has 1 amide bonds. The van der Waals surface area contributed by atoms with Gasteiger partial charge < -0.3 is 9.73 Å². The van der Waals surface area contributed by atoms with Gasteiger partial charge in [-0.3, -0.25) is 14.6 Å². The molecule has 0 unspecified atom stereocenters. The van der Waals surface area contributed by atoms with Gasteiger partial charge in [0.25, 0.3) is 0 Å². The molecule has 25 heavy (non-hydrogen) atoms. The van der Waals surface area contributed by atoms with Gasteiger partial charge in [-0.25, -0.2) is 0 Å². The number of furan rings is 1. The van der Waals surface area contributed by atoms with E-state index in [1.165, 1.54) is 5.56 Å². The summed E-state index contributed by atoms with van der Waals surface area (Å²) in [6, 6.07) is 14.0. The number of nitrogens with zero attached hydrogens (tertiary/aromatic N) is 2. The average Bonchev–Trinajstić information content (AvgIpc) is 3.16. The van der Waals surface area contributed by atoms with Gasteiger partial charge in [0.2, 0.25) is 5.91 Å². The van der Waals surface area contributed by atoms with Crippen molar-refractivity contribution in [3.63, 3.8) is 0 Å². The zero-order chi connectivity index (χ0) is 17.3. The van der Waals surface area contributed by atoms with Crippen molar-refractivity contribution in [3.05, 3.63) is 66.1 Å². The molecule has 0 aliphatic carbocycles. The summed E-state index contributed by atoms with van der Waals surface area (Å²) in [6.07, 6.45) is 5.99.